The molecule has 0 aromatic heterocycles. The second-order valence-electron chi connectivity index (χ2n) is 4.68. The standard InChI is InChI=1S/C16H8Cl3N3O3/c17-12-2-1-3-13(18)11(12)6-9(8-20)16(23)21-10-4-5-14(19)15(7-10)22(24)25/h1-7H,(H,21,23)/b9-6+. The highest BCUT2D eigenvalue weighted by atomic mass is 35.5. The molecule has 0 unspecified atom stereocenters. The van der Waals surface area contributed by atoms with Crippen LogP contribution in [-0.2, 0) is 4.79 Å². The van der Waals surface area contributed by atoms with Crippen LogP contribution in [0.1, 0.15) is 5.56 Å². The molecule has 0 bridgehead atoms. The summed E-state index contributed by atoms with van der Waals surface area (Å²) in [4.78, 5) is 22.4. The topological polar surface area (TPSA) is 96.0 Å². The molecule has 25 heavy (non-hydrogen) atoms. The summed E-state index contributed by atoms with van der Waals surface area (Å²) in [6, 6.07) is 10.2. The third kappa shape index (κ3) is 4.48. The predicted molar refractivity (Wildman–Crippen MR) is 96.8 cm³/mol. The fourth-order valence-electron chi connectivity index (χ4n) is 1.87. The summed E-state index contributed by atoms with van der Waals surface area (Å²) in [7, 11) is 0. The summed E-state index contributed by atoms with van der Waals surface area (Å²) < 4.78 is 0. The highest BCUT2D eigenvalue weighted by molar-refractivity contribution is 6.37. The molecule has 0 aliphatic heterocycles. The summed E-state index contributed by atoms with van der Waals surface area (Å²) in [5.74, 6) is -0.768. The van der Waals surface area contributed by atoms with Gasteiger partial charge in [-0.05, 0) is 30.3 Å². The van der Waals surface area contributed by atoms with Gasteiger partial charge in [-0.3, -0.25) is 14.9 Å². The number of rotatable bonds is 4. The van der Waals surface area contributed by atoms with Crippen molar-refractivity contribution in [2.24, 2.45) is 0 Å². The van der Waals surface area contributed by atoms with Crippen LogP contribution in [0.3, 0.4) is 0 Å². The second-order valence-corrected chi connectivity index (χ2v) is 5.90. The van der Waals surface area contributed by atoms with Crippen LogP contribution < -0.4 is 5.32 Å². The summed E-state index contributed by atoms with van der Waals surface area (Å²) in [6.45, 7) is 0. The van der Waals surface area contributed by atoms with E-state index in [1.165, 1.54) is 18.2 Å². The van der Waals surface area contributed by atoms with Crippen molar-refractivity contribution in [2.45, 2.75) is 0 Å². The molecular formula is C16H8Cl3N3O3. The maximum atomic E-state index is 12.2. The molecule has 0 saturated carbocycles. The number of hydrogen-bond donors (Lipinski definition) is 1. The van der Waals surface area contributed by atoms with E-state index in [2.05, 4.69) is 5.32 Å². The van der Waals surface area contributed by atoms with Crippen molar-refractivity contribution in [2.75, 3.05) is 5.32 Å². The van der Waals surface area contributed by atoms with E-state index in [1.807, 2.05) is 0 Å². The molecule has 0 spiro atoms. The molecule has 0 atom stereocenters. The molecule has 2 aromatic rings. The van der Waals surface area contributed by atoms with Gasteiger partial charge in [0, 0.05) is 27.4 Å². The highest BCUT2D eigenvalue weighted by Gasteiger charge is 2.16. The molecule has 0 aliphatic carbocycles. The fraction of sp³-hybridized carbons (Fsp3) is 0. The van der Waals surface area contributed by atoms with E-state index in [-0.39, 0.29) is 32.0 Å². The van der Waals surface area contributed by atoms with Gasteiger partial charge in [0.1, 0.15) is 16.7 Å². The maximum absolute atomic E-state index is 12.2. The molecule has 2 rings (SSSR count). The monoisotopic (exact) mass is 395 g/mol. The van der Waals surface area contributed by atoms with E-state index in [9.17, 15) is 20.2 Å². The van der Waals surface area contributed by atoms with Gasteiger partial charge in [-0.1, -0.05) is 40.9 Å². The van der Waals surface area contributed by atoms with Crippen LogP contribution in [0.15, 0.2) is 42.0 Å². The van der Waals surface area contributed by atoms with Crippen molar-refractivity contribution in [1.82, 2.24) is 0 Å². The molecule has 6 nitrogen and oxygen atoms in total. The quantitative estimate of drug-likeness (QED) is 0.336. The number of benzene rings is 2. The lowest BCUT2D eigenvalue weighted by Gasteiger charge is -2.06. The Morgan fingerprint density at radius 3 is 2.36 bits per heavy atom. The number of amides is 1. The van der Waals surface area contributed by atoms with E-state index in [0.717, 1.165) is 6.07 Å². The van der Waals surface area contributed by atoms with Crippen LogP contribution in [0, 0.1) is 21.4 Å². The number of halogens is 3. The molecular weight excluding hydrogens is 389 g/mol. The van der Waals surface area contributed by atoms with Gasteiger partial charge in [0.05, 0.1) is 4.92 Å². The van der Waals surface area contributed by atoms with Crippen molar-refractivity contribution in [3.05, 3.63) is 72.7 Å². The molecule has 9 heteroatoms. The maximum Gasteiger partial charge on any atom is 0.289 e. The number of nitrogens with one attached hydrogen (secondary N) is 1. The van der Waals surface area contributed by atoms with Crippen LogP contribution in [0.5, 0.6) is 0 Å². The first-order chi connectivity index (χ1) is 11.8. The third-order valence-corrected chi connectivity index (χ3v) is 4.03. The van der Waals surface area contributed by atoms with Crippen LogP contribution >= 0.6 is 34.8 Å². The smallest absolute Gasteiger partial charge is 0.289 e. The van der Waals surface area contributed by atoms with E-state index >= 15 is 0 Å². The molecule has 0 radical (unpaired) electrons. The minimum Gasteiger partial charge on any atom is -0.321 e. The first-order valence-corrected chi connectivity index (χ1v) is 7.78. The van der Waals surface area contributed by atoms with Gasteiger partial charge in [0.25, 0.3) is 11.6 Å². The second kappa shape index (κ2) is 7.99. The van der Waals surface area contributed by atoms with E-state index in [1.54, 1.807) is 24.3 Å². The number of hydrogen-bond acceptors (Lipinski definition) is 4. The van der Waals surface area contributed by atoms with Crippen molar-refractivity contribution in [3.63, 3.8) is 0 Å². The number of nitriles is 1. The zero-order valence-corrected chi connectivity index (χ0v) is 14.6. The number of nitro benzene ring substituents is 1. The largest absolute Gasteiger partial charge is 0.321 e. The van der Waals surface area contributed by atoms with Gasteiger partial charge in [-0.2, -0.15) is 5.26 Å². The molecule has 126 valence electrons. The van der Waals surface area contributed by atoms with Crippen LogP contribution in [-0.4, -0.2) is 10.8 Å². The first-order valence-electron chi connectivity index (χ1n) is 6.64. The summed E-state index contributed by atoms with van der Waals surface area (Å²) >= 11 is 17.7. The molecule has 1 N–H and O–H groups in total. The molecule has 0 saturated heterocycles. The van der Waals surface area contributed by atoms with Crippen molar-refractivity contribution >= 4 is 58.2 Å². The number of carbonyl (C=O) groups is 1. The molecule has 2 aromatic carbocycles. The Balaban J connectivity index is 2.33. The van der Waals surface area contributed by atoms with Crippen molar-refractivity contribution in [1.29, 1.82) is 5.26 Å². The number of nitrogens with zero attached hydrogens (tertiary/aromatic N) is 2. The Kier molecular flexibility index (Phi) is 5.99. The first kappa shape index (κ1) is 18.7. The summed E-state index contributed by atoms with van der Waals surface area (Å²) in [6.07, 6.45) is 1.24. The SMILES string of the molecule is N#C/C(=C\c1c(Cl)cccc1Cl)C(=O)Nc1ccc(Cl)c([N+](=O)[O-])c1. The minimum absolute atomic E-state index is 0.0677. The van der Waals surface area contributed by atoms with Gasteiger partial charge < -0.3 is 5.32 Å². The van der Waals surface area contributed by atoms with Crippen molar-refractivity contribution in [3.8, 4) is 6.07 Å². The molecule has 1 amide bonds. The van der Waals surface area contributed by atoms with Gasteiger partial charge in [0.2, 0.25) is 0 Å². The zero-order valence-electron chi connectivity index (χ0n) is 12.3. The van der Waals surface area contributed by atoms with Gasteiger partial charge >= 0.3 is 0 Å². The normalized spacial score (nSPS) is 10.9. The average molecular weight is 397 g/mol. The molecule has 0 aliphatic rings. The van der Waals surface area contributed by atoms with Crippen LogP contribution in [0.2, 0.25) is 15.1 Å². The van der Waals surface area contributed by atoms with Gasteiger partial charge in [0.15, 0.2) is 0 Å². The lowest BCUT2D eigenvalue weighted by atomic mass is 10.1. The van der Waals surface area contributed by atoms with E-state index in [0.29, 0.717) is 5.56 Å². The Bertz CT molecular complexity index is 916. The number of nitro groups is 1. The third-order valence-electron chi connectivity index (χ3n) is 3.05. The Labute approximate surface area is 157 Å². The fourth-order valence-corrected chi connectivity index (χ4v) is 2.56. The van der Waals surface area contributed by atoms with Gasteiger partial charge in [-0.25, -0.2) is 0 Å². The predicted octanol–water partition coefficient (Wildman–Crippen LogP) is 5.10. The van der Waals surface area contributed by atoms with E-state index in [4.69, 9.17) is 34.8 Å². The highest BCUT2D eigenvalue weighted by Crippen LogP contribution is 2.29. The summed E-state index contributed by atoms with van der Waals surface area (Å²) in [5, 5.41) is 23.0. The molecule has 0 heterocycles. The van der Waals surface area contributed by atoms with Crippen LogP contribution in [0.25, 0.3) is 6.08 Å². The Hall–Kier alpha value is -2.59. The summed E-state index contributed by atoms with van der Waals surface area (Å²) in [5.41, 5.74) is -0.198. The molecule has 0 fully saturated rings. The lowest BCUT2D eigenvalue weighted by Crippen LogP contribution is -2.13. The number of carbonyl (C=O) groups excluding carboxylic acids is 1. The van der Waals surface area contributed by atoms with E-state index < -0.39 is 10.8 Å². The average Bonchev–Trinajstić information content (AvgIpc) is 2.56. The Morgan fingerprint density at radius 2 is 1.80 bits per heavy atom. The number of anilines is 1. The lowest BCUT2D eigenvalue weighted by molar-refractivity contribution is -0.384. The van der Waals surface area contributed by atoms with Gasteiger partial charge in [-0.15, -0.1) is 0 Å². The minimum atomic E-state index is -0.768. The van der Waals surface area contributed by atoms with Crippen molar-refractivity contribution < 1.29 is 9.72 Å². The zero-order chi connectivity index (χ0) is 18.6. The van der Waals surface area contributed by atoms with Crippen LogP contribution in [0.4, 0.5) is 11.4 Å². The Morgan fingerprint density at radius 1 is 1.16 bits per heavy atom.